The van der Waals surface area contributed by atoms with E-state index in [1.165, 1.54) is 4.88 Å². The molecule has 0 saturated carbocycles. The molecule has 116 valence electrons. The number of hydrogen-bond acceptors (Lipinski definition) is 4. The molecule has 1 fully saturated rings. The lowest BCUT2D eigenvalue weighted by Crippen LogP contribution is -2.26. The Balaban J connectivity index is 1.57. The average molecular weight is 336 g/mol. The van der Waals surface area contributed by atoms with Crippen LogP contribution in [-0.2, 0) is 11.2 Å². The summed E-state index contributed by atoms with van der Waals surface area (Å²) in [5, 5.41) is 7.61. The number of anilines is 1. The van der Waals surface area contributed by atoms with Gasteiger partial charge in [0.25, 0.3) is 0 Å². The van der Waals surface area contributed by atoms with E-state index in [9.17, 15) is 4.79 Å². The number of hydrogen-bond donors (Lipinski definition) is 2. The van der Waals surface area contributed by atoms with E-state index in [0.29, 0.717) is 22.5 Å². The van der Waals surface area contributed by atoms with Crippen LogP contribution < -0.4 is 10.6 Å². The second kappa shape index (κ2) is 7.22. The van der Waals surface area contributed by atoms with Crippen molar-refractivity contribution in [3.05, 3.63) is 45.9 Å². The first-order chi connectivity index (χ1) is 10.7. The van der Waals surface area contributed by atoms with Crippen LogP contribution in [0.1, 0.15) is 29.2 Å². The molecular formula is C16H18ClN3OS. The smallest absolute Gasteiger partial charge is 0.230 e. The summed E-state index contributed by atoms with van der Waals surface area (Å²) < 4.78 is 0. The Labute approximate surface area is 138 Å². The van der Waals surface area contributed by atoms with Gasteiger partial charge in [-0.15, -0.1) is 11.3 Å². The monoisotopic (exact) mass is 335 g/mol. The van der Waals surface area contributed by atoms with Gasteiger partial charge in [-0.1, -0.05) is 23.7 Å². The largest absolute Gasteiger partial charge is 0.317 e. The lowest BCUT2D eigenvalue weighted by atomic mass is 9.97. The van der Waals surface area contributed by atoms with Crippen molar-refractivity contribution in [2.75, 3.05) is 18.4 Å². The fourth-order valence-electron chi connectivity index (χ4n) is 2.59. The molecule has 2 heterocycles. The Kier molecular flexibility index (Phi) is 5.08. The van der Waals surface area contributed by atoms with E-state index in [1.54, 1.807) is 23.5 Å². The van der Waals surface area contributed by atoms with E-state index in [2.05, 4.69) is 15.6 Å². The molecule has 0 aliphatic carbocycles. The van der Waals surface area contributed by atoms with Crippen molar-refractivity contribution in [1.29, 1.82) is 0 Å². The van der Waals surface area contributed by atoms with Crippen LogP contribution in [0.15, 0.2) is 30.5 Å². The summed E-state index contributed by atoms with van der Waals surface area (Å²) >= 11 is 7.43. The molecule has 22 heavy (non-hydrogen) atoms. The Morgan fingerprint density at radius 3 is 2.77 bits per heavy atom. The maximum Gasteiger partial charge on any atom is 0.230 e. The van der Waals surface area contributed by atoms with Crippen molar-refractivity contribution in [1.82, 2.24) is 10.3 Å². The average Bonchev–Trinajstić information content (AvgIpc) is 2.99. The number of aromatic nitrogens is 1. The molecule has 0 radical (unpaired) electrons. The summed E-state index contributed by atoms with van der Waals surface area (Å²) in [6.45, 7) is 2.11. The van der Waals surface area contributed by atoms with Crippen LogP contribution in [0.25, 0.3) is 0 Å². The zero-order valence-electron chi connectivity index (χ0n) is 12.1. The number of nitrogens with one attached hydrogen (secondary N) is 2. The highest BCUT2D eigenvalue weighted by atomic mass is 35.5. The first-order valence-electron chi connectivity index (χ1n) is 7.41. The molecule has 3 rings (SSSR count). The third kappa shape index (κ3) is 4.06. The Bertz CT molecular complexity index is 635. The van der Waals surface area contributed by atoms with Crippen molar-refractivity contribution in [3.63, 3.8) is 0 Å². The Morgan fingerprint density at radius 2 is 2.05 bits per heavy atom. The summed E-state index contributed by atoms with van der Waals surface area (Å²) in [6, 6.07) is 7.32. The van der Waals surface area contributed by atoms with Crippen molar-refractivity contribution < 1.29 is 4.79 Å². The maximum absolute atomic E-state index is 12.1. The van der Waals surface area contributed by atoms with E-state index < -0.39 is 0 Å². The molecule has 1 aliphatic rings. The van der Waals surface area contributed by atoms with Gasteiger partial charge in [-0.25, -0.2) is 4.98 Å². The summed E-state index contributed by atoms with van der Waals surface area (Å²) in [5.41, 5.74) is 0.942. The Morgan fingerprint density at radius 1 is 1.32 bits per heavy atom. The third-order valence-electron chi connectivity index (χ3n) is 3.79. The summed E-state index contributed by atoms with van der Waals surface area (Å²) in [6.07, 6.45) is 4.51. The van der Waals surface area contributed by atoms with Gasteiger partial charge in [0.2, 0.25) is 5.91 Å². The number of nitrogens with zero attached hydrogens (tertiary/aromatic N) is 1. The van der Waals surface area contributed by atoms with E-state index in [4.69, 9.17) is 11.6 Å². The molecule has 1 amide bonds. The van der Waals surface area contributed by atoms with Gasteiger partial charge in [-0.3, -0.25) is 4.79 Å². The van der Waals surface area contributed by atoms with Crippen molar-refractivity contribution >= 4 is 34.0 Å². The molecule has 2 N–H and O–H groups in total. The molecule has 6 heteroatoms. The van der Waals surface area contributed by atoms with Crippen LogP contribution in [0.4, 0.5) is 5.13 Å². The van der Waals surface area contributed by atoms with Gasteiger partial charge in [0.15, 0.2) is 5.13 Å². The van der Waals surface area contributed by atoms with Gasteiger partial charge in [-0.05, 0) is 49.5 Å². The van der Waals surface area contributed by atoms with Crippen molar-refractivity contribution in [2.45, 2.75) is 25.2 Å². The van der Waals surface area contributed by atoms with Gasteiger partial charge < -0.3 is 10.6 Å². The van der Waals surface area contributed by atoms with Crippen LogP contribution >= 0.6 is 22.9 Å². The van der Waals surface area contributed by atoms with Gasteiger partial charge in [-0.2, -0.15) is 0 Å². The van der Waals surface area contributed by atoms with Crippen LogP contribution in [0.2, 0.25) is 5.02 Å². The van der Waals surface area contributed by atoms with Gasteiger partial charge >= 0.3 is 0 Å². The highest BCUT2D eigenvalue weighted by molar-refractivity contribution is 7.15. The molecule has 0 bridgehead atoms. The number of benzene rings is 1. The second-order valence-electron chi connectivity index (χ2n) is 5.44. The highest BCUT2D eigenvalue weighted by Crippen LogP contribution is 2.31. The molecular weight excluding hydrogens is 318 g/mol. The van der Waals surface area contributed by atoms with E-state index in [-0.39, 0.29) is 5.91 Å². The predicted molar refractivity (Wildman–Crippen MR) is 90.7 cm³/mol. The van der Waals surface area contributed by atoms with Gasteiger partial charge in [0, 0.05) is 16.1 Å². The van der Waals surface area contributed by atoms with Gasteiger partial charge in [0.05, 0.1) is 6.42 Å². The van der Waals surface area contributed by atoms with Gasteiger partial charge in [0.1, 0.15) is 0 Å². The number of amides is 1. The standard InChI is InChI=1S/C16H18ClN3OS/c17-13-3-1-11(2-4-13)9-15(21)20-16-19-10-14(22-16)12-5-7-18-8-6-12/h1-4,10,12,18H,5-9H2,(H,19,20,21). The normalized spacial score (nSPS) is 15.7. The van der Waals surface area contributed by atoms with Crippen molar-refractivity contribution in [3.8, 4) is 0 Å². The van der Waals surface area contributed by atoms with E-state index in [1.807, 2.05) is 18.3 Å². The molecule has 1 aromatic heterocycles. The molecule has 1 aliphatic heterocycles. The molecule has 0 atom stereocenters. The van der Waals surface area contributed by atoms with Crippen LogP contribution in [0.5, 0.6) is 0 Å². The zero-order valence-corrected chi connectivity index (χ0v) is 13.7. The first kappa shape index (κ1) is 15.5. The van der Waals surface area contributed by atoms with Crippen molar-refractivity contribution in [2.24, 2.45) is 0 Å². The quantitative estimate of drug-likeness (QED) is 0.899. The number of carbonyl (C=O) groups excluding carboxylic acids is 1. The zero-order chi connectivity index (χ0) is 15.4. The highest BCUT2D eigenvalue weighted by Gasteiger charge is 2.18. The minimum Gasteiger partial charge on any atom is -0.317 e. The molecule has 2 aromatic rings. The lowest BCUT2D eigenvalue weighted by molar-refractivity contribution is -0.115. The molecule has 1 saturated heterocycles. The molecule has 1 aromatic carbocycles. The number of halogens is 1. The van der Waals surface area contributed by atoms with E-state index >= 15 is 0 Å². The number of carbonyl (C=O) groups is 1. The second-order valence-corrected chi connectivity index (χ2v) is 6.94. The minimum absolute atomic E-state index is 0.0477. The first-order valence-corrected chi connectivity index (χ1v) is 8.61. The fraction of sp³-hybridized carbons (Fsp3) is 0.375. The number of piperidine rings is 1. The van der Waals surface area contributed by atoms with Crippen LogP contribution in [0.3, 0.4) is 0 Å². The summed E-state index contributed by atoms with van der Waals surface area (Å²) in [4.78, 5) is 17.7. The third-order valence-corrected chi connectivity index (χ3v) is 5.12. The maximum atomic E-state index is 12.1. The van der Waals surface area contributed by atoms with Crippen LogP contribution in [-0.4, -0.2) is 24.0 Å². The molecule has 4 nitrogen and oxygen atoms in total. The minimum atomic E-state index is -0.0477. The Hall–Kier alpha value is -1.43. The number of thiazole rings is 1. The SMILES string of the molecule is O=C(Cc1ccc(Cl)cc1)Nc1ncc(C2CCNCC2)s1. The molecule has 0 unspecified atom stereocenters. The predicted octanol–water partition coefficient (Wildman–Crippen LogP) is 3.44. The number of rotatable bonds is 4. The topological polar surface area (TPSA) is 54.0 Å². The van der Waals surface area contributed by atoms with E-state index in [0.717, 1.165) is 31.5 Å². The lowest BCUT2D eigenvalue weighted by Gasteiger charge is -2.20. The fourth-order valence-corrected chi connectivity index (χ4v) is 3.72. The van der Waals surface area contributed by atoms with Crippen LogP contribution in [0, 0.1) is 0 Å². The summed E-state index contributed by atoms with van der Waals surface area (Å²) in [7, 11) is 0. The molecule has 0 spiro atoms. The summed E-state index contributed by atoms with van der Waals surface area (Å²) in [5.74, 6) is 0.522.